The minimum atomic E-state index is -1.32. The molecule has 6 nitrogen and oxygen atoms in total. The summed E-state index contributed by atoms with van der Waals surface area (Å²) in [6.07, 6.45) is -0.357. The second kappa shape index (κ2) is 6.99. The van der Waals surface area contributed by atoms with Crippen molar-refractivity contribution in [2.75, 3.05) is 0 Å². The fraction of sp³-hybridized carbons (Fsp3) is 0.250. The Morgan fingerprint density at radius 1 is 1.40 bits per heavy atom. The molecule has 1 aromatic carbocycles. The Labute approximate surface area is 122 Å². The number of carbonyl (C=O) groups is 3. The van der Waals surface area contributed by atoms with E-state index >= 15 is 0 Å². The maximum absolute atomic E-state index is 13.5. The van der Waals surface area contributed by atoms with E-state index in [9.17, 15) is 18.8 Å². The molecule has 0 aromatic heterocycles. The first-order valence-corrected chi connectivity index (χ1v) is 6.37. The van der Waals surface area contributed by atoms with E-state index < -0.39 is 29.6 Å². The lowest BCUT2D eigenvalue weighted by molar-refractivity contribution is -0.139. The van der Waals surface area contributed by atoms with Crippen molar-refractivity contribution in [3.05, 3.63) is 34.1 Å². The van der Waals surface area contributed by atoms with Crippen LogP contribution in [0.4, 0.5) is 4.39 Å². The Morgan fingerprint density at radius 3 is 2.60 bits per heavy atom. The van der Waals surface area contributed by atoms with Gasteiger partial charge in [0.1, 0.15) is 11.9 Å². The standard InChI is InChI=1S/C12H12BrFN2O4/c13-6-1-2-8(14)7(5-6)11(18)16-9(12(19)20)3-4-10(15)17/h1-2,5,9H,3-4H2,(H2,15,17)(H,16,18)(H,19,20)/t9-/m0/s1. The van der Waals surface area contributed by atoms with Crippen LogP contribution in [-0.2, 0) is 9.59 Å². The highest BCUT2D eigenvalue weighted by molar-refractivity contribution is 9.10. The van der Waals surface area contributed by atoms with Gasteiger partial charge in [0.2, 0.25) is 5.91 Å². The second-order valence-electron chi connectivity index (χ2n) is 3.99. The molecule has 20 heavy (non-hydrogen) atoms. The maximum Gasteiger partial charge on any atom is 0.326 e. The lowest BCUT2D eigenvalue weighted by Gasteiger charge is -2.14. The SMILES string of the molecule is NC(=O)CC[C@H](NC(=O)c1cc(Br)ccc1F)C(=O)O. The van der Waals surface area contributed by atoms with Gasteiger partial charge in [0, 0.05) is 10.9 Å². The summed E-state index contributed by atoms with van der Waals surface area (Å²) in [5, 5.41) is 11.1. The van der Waals surface area contributed by atoms with E-state index in [1.54, 1.807) is 0 Å². The monoisotopic (exact) mass is 346 g/mol. The zero-order valence-corrected chi connectivity index (χ0v) is 11.8. The van der Waals surface area contributed by atoms with Gasteiger partial charge in [-0.3, -0.25) is 9.59 Å². The summed E-state index contributed by atoms with van der Waals surface area (Å²) in [7, 11) is 0. The third kappa shape index (κ3) is 4.61. The summed E-state index contributed by atoms with van der Waals surface area (Å²) in [5.74, 6) is -3.65. The van der Waals surface area contributed by atoms with Crippen molar-refractivity contribution in [2.24, 2.45) is 5.73 Å². The van der Waals surface area contributed by atoms with Crippen LogP contribution in [0.2, 0.25) is 0 Å². The molecule has 1 rings (SSSR count). The van der Waals surface area contributed by atoms with E-state index in [1.807, 2.05) is 0 Å². The van der Waals surface area contributed by atoms with Crippen LogP contribution < -0.4 is 11.1 Å². The van der Waals surface area contributed by atoms with Gasteiger partial charge >= 0.3 is 5.97 Å². The molecule has 0 fully saturated rings. The summed E-state index contributed by atoms with van der Waals surface area (Å²) < 4.78 is 14.0. The molecule has 2 amide bonds. The quantitative estimate of drug-likeness (QED) is 0.714. The lowest BCUT2D eigenvalue weighted by atomic mass is 10.1. The number of hydrogen-bond acceptors (Lipinski definition) is 3. The van der Waals surface area contributed by atoms with Crippen molar-refractivity contribution in [2.45, 2.75) is 18.9 Å². The Kier molecular flexibility index (Phi) is 5.63. The zero-order chi connectivity index (χ0) is 15.3. The summed E-state index contributed by atoms with van der Waals surface area (Å²) in [5.41, 5.74) is 4.63. The third-order valence-electron chi connectivity index (χ3n) is 2.46. The number of hydrogen-bond donors (Lipinski definition) is 3. The summed E-state index contributed by atoms with van der Waals surface area (Å²) in [6.45, 7) is 0. The molecule has 0 saturated heterocycles. The van der Waals surface area contributed by atoms with Gasteiger partial charge in [-0.2, -0.15) is 0 Å². The average Bonchev–Trinajstić information content (AvgIpc) is 2.36. The van der Waals surface area contributed by atoms with Crippen LogP contribution in [0, 0.1) is 5.82 Å². The number of carboxylic acid groups (broad SMARTS) is 1. The van der Waals surface area contributed by atoms with Crippen molar-refractivity contribution in [3.8, 4) is 0 Å². The highest BCUT2D eigenvalue weighted by atomic mass is 79.9. The molecule has 8 heteroatoms. The van der Waals surface area contributed by atoms with Crippen LogP contribution in [0.1, 0.15) is 23.2 Å². The van der Waals surface area contributed by atoms with Crippen LogP contribution in [0.25, 0.3) is 0 Å². The fourth-order valence-electron chi connectivity index (χ4n) is 1.45. The molecule has 4 N–H and O–H groups in total. The zero-order valence-electron chi connectivity index (χ0n) is 10.2. The molecule has 0 saturated carbocycles. The molecule has 0 radical (unpaired) electrons. The molecule has 0 bridgehead atoms. The Hall–Kier alpha value is -1.96. The average molecular weight is 347 g/mol. The van der Waals surface area contributed by atoms with Gasteiger partial charge in [-0.1, -0.05) is 15.9 Å². The smallest absolute Gasteiger partial charge is 0.326 e. The molecular weight excluding hydrogens is 335 g/mol. The first-order chi connectivity index (χ1) is 9.31. The number of carboxylic acids is 1. The van der Waals surface area contributed by atoms with Crippen LogP contribution in [0.3, 0.4) is 0 Å². The Balaban J connectivity index is 2.82. The number of halogens is 2. The van der Waals surface area contributed by atoms with Crippen LogP contribution in [0.15, 0.2) is 22.7 Å². The van der Waals surface area contributed by atoms with Gasteiger partial charge in [-0.25, -0.2) is 9.18 Å². The van der Waals surface area contributed by atoms with E-state index in [-0.39, 0.29) is 18.4 Å². The van der Waals surface area contributed by atoms with Gasteiger partial charge in [0.25, 0.3) is 5.91 Å². The number of benzene rings is 1. The van der Waals surface area contributed by atoms with Gasteiger partial charge < -0.3 is 16.2 Å². The number of primary amides is 1. The number of amides is 2. The predicted octanol–water partition coefficient (Wildman–Crippen LogP) is 1.04. The van der Waals surface area contributed by atoms with E-state index in [2.05, 4.69) is 21.2 Å². The normalized spacial score (nSPS) is 11.7. The molecule has 0 heterocycles. The summed E-state index contributed by atoms with van der Waals surface area (Å²) in [6, 6.07) is 2.41. The molecular formula is C12H12BrFN2O4. The van der Waals surface area contributed by atoms with Crippen molar-refractivity contribution < 1.29 is 23.9 Å². The summed E-state index contributed by atoms with van der Waals surface area (Å²) >= 11 is 3.09. The Bertz CT molecular complexity index is 550. The number of nitrogens with two attached hydrogens (primary N) is 1. The minimum absolute atomic E-state index is 0.161. The van der Waals surface area contributed by atoms with Crippen LogP contribution >= 0.6 is 15.9 Å². The van der Waals surface area contributed by atoms with E-state index in [1.165, 1.54) is 12.1 Å². The highest BCUT2D eigenvalue weighted by Crippen LogP contribution is 2.15. The molecule has 1 atom stereocenters. The van der Waals surface area contributed by atoms with Crippen LogP contribution in [-0.4, -0.2) is 28.9 Å². The number of rotatable bonds is 6. The van der Waals surface area contributed by atoms with E-state index in [0.717, 1.165) is 6.07 Å². The molecule has 1 aromatic rings. The number of carbonyl (C=O) groups excluding carboxylic acids is 2. The molecule has 0 aliphatic rings. The molecule has 0 aliphatic heterocycles. The molecule has 0 unspecified atom stereocenters. The first-order valence-electron chi connectivity index (χ1n) is 5.58. The molecule has 108 valence electrons. The minimum Gasteiger partial charge on any atom is -0.480 e. The van der Waals surface area contributed by atoms with Crippen molar-refractivity contribution >= 4 is 33.7 Å². The molecule has 0 spiro atoms. The highest BCUT2D eigenvalue weighted by Gasteiger charge is 2.22. The second-order valence-corrected chi connectivity index (χ2v) is 4.91. The van der Waals surface area contributed by atoms with Gasteiger partial charge in [0.15, 0.2) is 0 Å². The van der Waals surface area contributed by atoms with Crippen molar-refractivity contribution in [1.29, 1.82) is 0 Å². The van der Waals surface area contributed by atoms with Crippen LogP contribution in [0.5, 0.6) is 0 Å². The van der Waals surface area contributed by atoms with E-state index in [4.69, 9.17) is 10.8 Å². The van der Waals surface area contributed by atoms with E-state index in [0.29, 0.717) is 4.47 Å². The van der Waals surface area contributed by atoms with Gasteiger partial charge in [-0.05, 0) is 24.6 Å². The van der Waals surface area contributed by atoms with Crippen molar-refractivity contribution in [1.82, 2.24) is 5.32 Å². The number of aliphatic carboxylic acids is 1. The predicted molar refractivity (Wildman–Crippen MR) is 71.4 cm³/mol. The van der Waals surface area contributed by atoms with Gasteiger partial charge in [-0.15, -0.1) is 0 Å². The first kappa shape index (κ1) is 16.1. The third-order valence-corrected chi connectivity index (χ3v) is 2.95. The molecule has 0 aliphatic carbocycles. The summed E-state index contributed by atoms with van der Waals surface area (Å²) in [4.78, 5) is 33.4. The van der Waals surface area contributed by atoms with Crippen molar-refractivity contribution in [3.63, 3.8) is 0 Å². The topological polar surface area (TPSA) is 109 Å². The number of nitrogens with one attached hydrogen (secondary N) is 1. The Morgan fingerprint density at radius 2 is 2.05 bits per heavy atom. The fourth-order valence-corrected chi connectivity index (χ4v) is 1.81. The lowest BCUT2D eigenvalue weighted by Crippen LogP contribution is -2.41. The maximum atomic E-state index is 13.5. The van der Waals surface area contributed by atoms with Gasteiger partial charge in [0.05, 0.1) is 5.56 Å². The largest absolute Gasteiger partial charge is 0.480 e.